The maximum Gasteiger partial charge on any atom is 0.233 e. The molecule has 5 heteroatoms. The number of carbonyl (C=O) groups is 2. The van der Waals surface area contributed by atoms with Gasteiger partial charge in [0.1, 0.15) is 0 Å². The van der Waals surface area contributed by atoms with Gasteiger partial charge in [-0.15, -0.1) is 0 Å². The van der Waals surface area contributed by atoms with Crippen LogP contribution in [0.15, 0.2) is 12.2 Å². The first kappa shape index (κ1) is 14.9. The van der Waals surface area contributed by atoms with Gasteiger partial charge in [-0.1, -0.05) is 19.1 Å². The molecule has 1 fully saturated rings. The molecule has 0 radical (unpaired) electrons. The van der Waals surface area contributed by atoms with E-state index in [1.807, 2.05) is 6.92 Å². The van der Waals surface area contributed by atoms with Crippen LogP contribution in [0.4, 0.5) is 0 Å². The number of rotatable bonds is 8. The Hall–Kier alpha value is -1.20. The summed E-state index contributed by atoms with van der Waals surface area (Å²) in [6, 6.07) is 0. The molecule has 5 nitrogen and oxygen atoms in total. The molecule has 1 rings (SSSR count). The summed E-state index contributed by atoms with van der Waals surface area (Å²) in [5, 5.41) is 11.6. The van der Waals surface area contributed by atoms with E-state index in [0.29, 0.717) is 32.5 Å². The summed E-state index contributed by atoms with van der Waals surface area (Å²) in [5.41, 5.74) is 1.02. The van der Waals surface area contributed by atoms with Crippen LogP contribution in [0.2, 0.25) is 0 Å². The quantitative estimate of drug-likeness (QED) is 0.371. The monoisotopic (exact) mass is 254 g/mol. The predicted molar refractivity (Wildman–Crippen MR) is 68.8 cm³/mol. The topological polar surface area (TPSA) is 69.6 Å². The Morgan fingerprint density at radius 1 is 1.50 bits per heavy atom. The molecular weight excluding hydrogens is 232 g/mol. The number of allylic oxidation sites excluding steroid dienone is 1. The molecule has 1 unspecified atom stereocenters. The van der Waals surface area contributed by atoms with E-state index in [0.717, 1.165) is 12.0 Å². The Bertz CT molecular complexity index is 328. The summed E-state index contributed by atoms with van der Waals surface area (Å²) in [5.74, 6) is -0.400. The van der Waals surface area contributed by atoms with E-state index in [9.17, 15) is 9.59 Å². The van der Waals surface area contributed by atoms with Crippen LogP contribution in [0.1, 0.15) is 26.2 Å². The number of carbonyl (C=O) groups excluding carboxylic acids is 2. The summed E-state index contributed by atoms with van der Waals surface area (Å²) in [6.07, 6.45) is 1.76. The van der Waals surface area contributed by atoms with E-state index in [1.165, 1.54) is 4.90 Å². The van der Waals surface area contributed by atoms with Crippen molar-refractivity contribution in [3.63, 3.8) is 0 Å². The standard InChI is InChI=1S/C13H22N2O3/c1-3-10(2)8-11-9-12(17)15(13(11)18)6-4-14-5-7-16/h11,14,16H,2-9H2,1H3. The molecule has 102 valence electrons. The molecule has 0 bridgehead atoms. The summed E-state index contributed by atoms with van der Waals surface area (Å²) in [4.78, 5) is 25.1. The van der Waals surface area contributed by atoms with Gasteiger partial charge >= 0.3 is 0 Å². The lowest BCUT2D eigenvalue weighted by Gasteiger charge is -2.15. The number of aliphatic hydroxyl groups excluding tert-OH is 1. The Morgan fingerprint density at radius 3 is 2.83 bits per heavy atom. The Morgan fingerprint density at radius 2 is 2.22 bits per heavy atom. The zero-order valence-corrected chi connectivity index (χ0v) is 10.9. The fourth-order valence-electron chi connectivity index (χ4n) is 2.03. The Kier molecular flexibility index (Phi) is 6.01. The minimum Gasteiger partial charge on any atom is -0.395 e. The fourth-order valence-corrected chi connectivity index (χ4v) is 2.03. The predicted octanol–water partition coefficient (Wildman–Crippen LogP) is 0.300. The maximum atomic E-state index is 12.0. The second-order valence-electron chi connectivity index (χ2n) is 4.57. The SMILES string of the molecule is C=C(CC)CC1CC(=O)N(CCNCCO)C1=O. The van der Waals surface area contributed by atoms with Gasteiger partial charge in [-0.2, -0.15) is 0 Å². The molecule has 0 saturated carbocycles. The molecule has 2 N–H and O–H groups in total. The highest BCUT2D eigenvalue weighted by atomic mass is 16.3. The van der Waals surface area contributed by atoms with Gasteiger partial charge in [0.15, 0.2) is 0 Å². The lowest BCUT2D eigenvalue weighted by Crippen LogP contribution is -2.37. The van der Waals surface area contributed by atoms with E-state index in [1.54, 1.807) is 0 Å². The third-order valence-electron chi connectivity index (χ3n) is 3.17. The van der Waals surface area contributed by atoms with Gasteiger partial charge in [0.25, 0.3) is 0 Å². The third kappa shape index (κ3) is 3.92. The van der Waals surface area contributed by atoms with Gasteiger partial charge in [0.05, 0.1) is 12.5 Å². The van der Waals surface area contributed by atoms with Crippen molar-refractivity contribution in [1.82, 2.24) is 10.2 Å². The molecule has 2 amide bonds. The smallest absolute Gasteiger partial charge is 0.233 e. The van der Waals surface area contributed by atoms with Gasteiger partial charge in [0, 0.05) is 26.1 Å². The molecule has 0 aromatic rings. The largest absolute Gasteiger partial charge is 0.395 e. The lowest BCUT2D eigenvalue weighted by atomic mass is 9.97. The second kappa shape index (κ2) is 7.28. The van der Waals surface area contributed by atoms with Crippen molar-refractivity contribution in [2.24, 2.45) is 5.92 Å². The van der Waals surface area contributed by atoms with Crippen LogP contribution in [-0.4, -0.2) is 48.1 Å². The summed E-state index contributed by atoms with van der Waals surface area (Å²) >= 11 is 0. The summed E-state index contributed by atoms with van der Waals surface area (Å²) in [6.45, 7) is 7.33. The molecule has 1 aliphatic heterocycles. The molecule has 1 atom stereocenters. The van der Waals surface area contributed by atoms with Crippen LogP contribution in [0.3, 0.4) is 0 Å². The molecule has 0 spiro atoms. The Balaban J connectivity index is 2.43. The molecule has 0 aromatic carbocycles. The molecule has 1 saturated heterocycles. The molecular formula is C13H22N2O3. The second-order valence-corrected chi connectivity index (χ2v) is 4.57. The highest BCUT2D eigenvalue weighted by molar-refractivity contribution is 6.03. The Labute approximate surface area is 108 Å². The van der Waals surface area contributed by atoms with E-state index in [4.69, 9.17) is 5.11 Å². The highest BCUT2D eigenvalue weighted by Gasteiger charge is 2.37. The number of hydrogen-bond acceptors (Lipinski definition) is 4. The van der Waals surface area contributed by atoms with Crippen LogP contribution in [-0.2, 0) is 9.59 Å². The van der Waals surface area contributed by atoms with Crippen molar-refractivity contribution < 1.29 is 14.7 Å². The number of nitrogens with one attached hydrogen (secondary N) is 1. The van der Waals surface area contributed by atoms with Gasteiger partial charge in [-0.05, 0) is 12.8 Å². The lowest BCUT2D eigenvalue weighted by molar-refractivity contribution is -0.139. The average Bonchev–Trinajstić information content (AvgIpc) is 2.61. The van der Waals surface area contributed by atoms with Crippen molar-refractivity contribution >= 4 is 11.8 Å². The van der Waals surface area contributed by atoms with Crippen molar-refractivity contribution in [3.8, 4) is 0 Å². The molecule has 1 heterocycles. The number of aliphatic hydroxyl groups is 1. The molecule has 0 aliphatic carbocycles. The zero-order valence-electron chi connectivity index (χ0n) is 10.9. The number of likely N-dealkylation sites (tertiary alicyclic amines) is 1. The third-order valence-corrected chi connectivity index (χ3v) is 3.17. The first-order valence-corrected chi connectivity index (χ1v) is 6.42. The van der Waals surface area contributed by atoms with Crippen LogP contribution in [0, 0.1) is 5.92 Å². The van der Waals surface area contributed by atoms with Crippen LogP contribution in [0.5, 0.6) is 0 Å². The molecule has 1 aliphatic rings. The van der Waals surface area contributed by atoms with E-state index >= 15 is 0 Å². The van der Waals surface area contributed by atoms with Crippen LogP contribution < -0.4 is 5.32 Å². The van der Waals surface area contributed by atoms with Crippen molar-refractivity contribution in [3.05, 3.63) is 12.2 Å². The molecule has 0 aromatic heterocycles. The number of imide groups is 1. The average molecular weight is 254 g/mol. The maximum absolute atomic E-state index is 12.0. The first-order valence-electron chi connectivity index (χ1n) is 6.42. The van der Waals surface area contributed by atoms with E-state index in [-0.39, 0.29) is 24.3 Å². The van der Waals surface area contributed by atoms with Crippen molar-refractivity contribution in [1.29, 1.82) is 0 Å². The summed E-state index contributed by atoms with van der Waals surface area (Å²) < 4.78 is 0. The molecule has 18 heavy (non-hydrogen) atoms. The fraction of sp³-hybridized carbons (Fsp3) is 0.692. The van der Waals surface area contributed by atoms with Crippen molar-refractivity contribution in [2.75, 3.05) is 26.2 Å². The van der Waals surface area contributed by atoms with Crippen LogP contribution >= 0.6 is 0 Å². The number of nitrogens with zero attached hydrogens (tertiary/aromatic N) is 1. The van der Waals surface area contributed by atoms with Gasteiger partial charge < -0.3 is 10.4 Å². The minimum absolute atomic E-state index is 0.0564. The first-order chi connectivity index (χ1) is 8.60. The van der Waals surface area contributed by atoms with Crippen LogP contribution in [0.25, 0.3) is 0 Å². The highest BCUT2D eigenvalue weighted by Crippen LogP contribution is 2.25. The number of amides is 2. The van der Waals surface area contributed by atoms with E-state index < -0.39 is 0 Å². The minimum atomic E-state index is -0.220. The summed E-state index contributed by atoms with van der Waals surface area (Å²) in [7, 11) is 0. The number of hydrogen-bond donors (Lipinski definition) is 2. The van der Waals surface area contributed by atoms with E-state index in [2.05, 4.69) is 11.9 Å². The van der Waals surface area contributed by atoms with Crippen molar-refractivity contribution in [2.45, 2.75) is 26.2 Å². The van der Waals surface area contributed by atoms with Gasteiger partial charge in [0.2, 0.25) is 11.8 Å². The van der Waals surface area contributed by atoms with Gasteiger partial charge in [-0.3, -0.25) is 14.5 Å². The van der Waals surface area contributed by atoms with Gasteiger partial charge in [-0.25, -0.2) is 0 Å². The normalized spacial score (nSPS) is 19.7. The zero-order chi connectivity index (χ0) is 13.5.